The molecule has 0 saturated carbocycles. The molecule has 1 amide bonds. The molecule has 0 fully saturated rings. The lowest BCUT2D eigenvalue weighted by molar-refractivity contribution is -0.117. The number of anilines is 1. The van der Waals surface area contributed by atoms with Gasteiger partial charge in [-0.3, -0.25) is 4.79 Å². The molecule has 0 radical (unpaired) electrons. The maximum absolute atomic E-state index is 11.9. The largest absolute Gasteiger partial charge is 0.325 e. The summed E-state index contributed by atoms with van der Waals surface area (Å²) in [4.78, 5) is 11.9. The van der Waals surface area contributed by atoms with Gasteiger partial charge in [0.15, 0.2) is 0 Å². The van der Waals surface area contributed by atoms with Gasteiger partial charge < -0.3 is 11.1 Å². The van der Waals surface area contributed by atoms with E-state index in [0.717, 1.165) is 12.1 Å². The Labute approximate surface area is 110 Å². The van der Waals surface area contributed by atoms with Gasteiger partial charge in [0, 0.05) is 5.69 Å². The molecule has 0 spiro atoms. The van der Waals surface area contributed by atoms with Crippen LogP contribution in [0.15, 0.2) is 18.2 Å². The lowest BCUT2D eigenvalue weighted by Gasteiger charge is -2.15. The van der Waals surface area contributed by atoms with Gasteiger partial charge >= 0.3 is 0 Å². The van der Waals surface area contributed by atoms with Gasteiger partial charge in [0.05, 0.1) is 6.04 Å². The average Bonchev–Trinajstić information content (AvgIpc) is 2.28. The van der Waals surface area contributed by atoms with Crippen molar-refractivity contribution in [3.8, 4) is 0 Å². The zero-order chi connectivity index (χ0) is 13.7. The predicted molar refractivity (Wildman–Crippen MR) is 76.6 cm³/mol. The van der Waals surface area contributed by atoms with Crippen LogP contribution in [0.25, 0.3) is 0 Å². The molecule has 1 rings (SSSR count). The van der Waals surface area contributed by atoms with Gasteiger partial charge in [0.2, 0.25) is 5.91 Å². The molecule has 3 nitrogen and oxygen atoms in total. The molecule has 18 heavy (non-hydrogen) atoms. The summed E-state index contributed by atoms with van der Waals surface area (Å²) in [7, 11) is 0. The Morgan fingerprint density at radius 1 is 1.39 bits per heavy atom. The monoisotopic (exact) mass is 248 g/mol. The van der Waals surface area contributed by atoms with E-state index in [1.807, 2.05) is 12.1 Å². The zero-order valence-corrected chi connectivity index (χ0v) is 11.8. The van der Waals surface area contributed by atoms with Crippen molar-refractivity contribution in [3.05, 3.63) is 29.3 Å². The molecule has 0 aliphatic rings. The molecule has 0 aliphatic heterocycles. The van der Waals surface area contributed by atoms with Gasteiger partial charge in [-0.25, -0.2) is 0 Å². The molecule has 3 N–H and O–H groups in total. The molecular formula is C15H24N2O. The van der Waals surface area contributed by atoms with Crippen molar-refractivity contribution in [1.82, 2.24) is 0 Å². The highest BCUT2D eigenvalue weighted by Gasteiger charge is 2.15. The molecule has 1 aromatic carbocycles. The number of nitrogens with two attached hydrogens (primary N) is 1. The first-order valence-corrected chi connectivity index (χ1v) is 6.60. The minimum Gasteiger partial charge on any atom is -0.325 e. The van der Waals surface area contributed by atoms with Gasteiger partial charge in [0.25, 0.3) is 0 Å². The molecule has 0 saturated heterocycles. The summed E-state index contributed by atoms with van der Waals surface area (Å²) in [6, 6.07) is 5.56. The van der Waals surface area contributed by atoms with Crippen LogP contribution < -0.4 is 11.1 Å². The third-order valence-electron chi connectivity index (χ3n) is 3.05. The van der Waals surface area contributed by atoms with Crippen molar-refractivity contribution in [2.75, 3.05) is 5.32 Å². The molecule has 0 heterocycles. The fourth-order valence-corrected chi connectivity index (χ4v) is 2.02. The first kappa shape index (κ1) is 14.7. The van der Waals surface area contributed by atoms with Crippen molar-refractivity contribution in [1.29, 1.82) is 0 Å². The molecule has 3 heteroatoms. The number of carbonyl (C=O) groups excluding carboxylic acids is 1. The second-order valence-corrected chi connectivity index (χ2v) is 5.22. The Kier molecular flexibility index (Phi) is 5.35. The Hall–Kier alpha value is -1.35. The van der Waals surface area contributed by atoms with E-state index in [-0.39, 0.29) is 5.91 Å². The van der Waals surface area contributed by atoms with Crippen LogP contribution in [0.4, 0.5) is 5.69 Å². The molecule has 1 atom stereocenters. The first-order chi connectivity index (χ1) is 8.43. The van der Waals surface area contributed by atoms with Gasteiger partial charge in [-0.05, 0) is 48.9 Å². The van der Waals surface area contributed by atoms with Crippen LogP contribution in [0.3, 0.4) is 0 Å². The van der Waals surface area contributed by atoms with Crippen LogP contribution >= 0.6 is 0 Å². The number of carbonyl (C=O) groups is 1. The topological polar surface area (TPSA) is 55.1 Å². The lowest BCUT2D eigenvalue weighted by Crippen LogP contribution is -2.36. The Bertz CT molecular complexity index is 413. The number of nitrogens with one attached hydrogen (secondary N) is 1. The van der Waals surface area contributed by atoms with E-state index in [9.17, 15) is 4.79 Å². The second kappa shape index (κ2) is 6.55. The predicted octanol–water partition coefficient (Wildman–Crippen LogP) is 2.87. The van der Waals surface area contributed by atoms with Crippen molar-refractivity contribution >= 4 is 11.6 Å². The molecular weight excluding hydrogens is 224 g/mol. The van der Waals surface area contributed by atoms with Crippen LogP contribution in [0.1, 0.15) is 38.3 Å². The van der Waals surface area contributed by atoms with E-state index in [1.165, 1.54) is 11.1 Å². The standard InChI is InChI=1S/C15H24N2O/c1-5-12-6-7-13(9-11(12)4)17-15(18)14(16)8-10(2)3/h6-7,9-10,14H,5,8,16H2,1-4H3,(H,17,18)/t14-/m1/s1. The Morgan fingerprint density at radius 3 is 2.56 bits per heavy atom. The number of amides is 1. The third-order valence-corrected chi connectivity index (χ3v) is 3.05. The third kappa shape index (κ3) is 4.15. The number of hydrogen-bond acceptors (Lipinski definition) is 2. The summed E-state index contributed by atoms with van der Waals surface area (Å²) < 4.78 is 0. The fraction of sp³-hybridized carbons (Fsp3) is 0.533. The lowest BCUT2D eigenvalue weighted by atomic mass is 10.0. The first-order valence-electron chi connectivity index (χ1n) is 6.60. The highest BCUT2D eigenvalue weighted by Crippen LogP contribution is 2.16. The smallest absolute Gasteiger partial charge is 0.241 e. The van der Waals surface area contributed by atoms with Gasteiger partial charge in [-0.1, -0.05) is 26.8 Å². The quantitative estimate of drug-likeness (QED) is 0.842. The summed E-state index contributed by atoms with van der Waals surface area (Å²) in [5, 5.41) is 2.88. The van der Waals surface area contributed by atoms with E-state index in [0.29, 0.717) is 12.3 Å². The summed E-state index contributed by atoms with van der Waals surface area (Å²) in [5.41, 5.74) is 9.18. The van der Waals surface area contributed by atoms with Crippen LogP contribution in [-0.4, -0.2) is 11.9 Å². The number of rotatable bonds is 5. The molecule has 1 aromatic rings. The summed E-state index contributed by atoms with van der Waals surface area (Å²) >= 11 is 0. The van der Waals surface area contributed by atoms with E-state index in [2.05, 4.69) is 39.1 Å². The molecule has 0 aliphatic carbocycles. The summed E-state index contributed by atoms with van der Waals surface area (Å²) in [6.07, 6.45) is 1.71. The van der Waals surface area contributed by atoms with Gasteiger partial charge in [-0.15, -0.1) is 0 Å². The van der Waals surface area contributed by atoms with Crippen molar-refractivity contribution in [2.24, 2.45) is 11.7 Å². The van der Waals surface area contributed by atoms with Crippen LogP contribution in [0.2, 0.25) is 0 Å². The second-order valence-electron chi connectivity index (χ2n) is 5.22. The normalized spacial score (nSPS) is 12.6. The summed E-state index contributed by atoms with van der Waals surface area (Å²) in [5.74, 6) is 0.322. The SMILES string of the molecule is CCc1ccc(NC(=O)[C@H](N)CC(C)C)cc1C. The Morgan fingerprint density at radius 2 is 2.06 bits per heavy atom. The molecule has 100 valence electrons. The van der Waals surface area contributed by atoms with E-state index >= 15 is 0 Å². The number of aryl methyl sites for hydroxylation is 2. The molecule has 0 aromatic heterocycles. The van der Waals surface area contributed by atoms with E-state index < -0.39 is 6.04 Å². The zero-order valence-electron chi connectivity index (χ0n) is 11.8. The minimum atomic E-state index is -0.434. The van der Waals surface area contributed by atoms with Crippen molar-refractivity contribution in [2.45, 2.75) is 46.6 Å². The Balaban J connectivity index is 2.67. The van der Waals surface area contributed by atoms with Crippen LogP contribution in [0.5, 0.6) is 0 Å². The van der Waals surface area contributed by atoms with Crippen LogP contribution in [-0.2, 0) is 11.2 Å². The van der Waals surface area contributed by atoms with E-state index in [4.69, 9.17) is 5.73 Å². The van der Waals surface area contributed by atoms with Crippen molar-refractivity contribution in [3.63, 3.8) is 0 Å². The molecule has 0 bridgehead atoms. The van der Waals surface area contributed by atoms with Gasteiger partial charge in [-0.2, -0.15) is 0 Å². The fourth-order valence-electron chi connectivity index (χ4n) is 2.02. The molecule has 0 unspecified atom stereocenters. The van der Waals surface area contributed by atoms with Gasteiger partial charge in [0.1, 0.15) is 0 Å². The minimum absolute atomic E-state index is 0.104. The number of benzene rings is 1. The maximum Gasteiger partial charge on any atom is 0.241 e. The average molecular weight is 248 g/mol. The highest BCUT2D eigenvalue weighted by atomic mass is 16.2. The van der Waals surface area contributed by atoms with E-state index in [1.54, 1.807) is 0 Å². The number of hydrogen-bond donors (Lipinski definition) is 2. The summed E-state index contributed by atoms with van der Waals surface area (Å²) in [6.45, 7) is 8.31. The van der Waals surface area contributed by atoms with Crippen LogP contribution in [0, 0.1) is 12.8 Å². The maximum atomic E-state index is 11.9. The highest BCUT2D eigenvalue weighted by molar-refractivity contribution is 5.94. The van der Waals surface area contributed by atoms with Crippen molar-refractivity contribution < 1.29 is 4.79 Å².